The minimum Gasteiger partial charge on any atom is -0.177 e. The van der Waals surface area contributed by atoms with Gasteiger partial charge in [0.1, 0.15) is 10.5 Å². The van der Waals surface area contributed by atoms with Crippen molar-refractivity contribution in [1.29, 1.82) is 0 Å². The highest BCUT2D eigenvalue weighted by atomic mass is 35.5. The molecule has 4 aromatic rings. The van der Waals surface area contributed by atoms with Gasteiger partial charge in [0.15, 0.2) is 11.6 Å². The first kappa shape index (κ1) is 16.9. The van der Waals surface area contributed by atoms with E-state index in [0.29, 0.717) is 20.3 Å². The molecule has 2 unspecified atom stereocenters. The molecule has 4 heterocycles. The van der Waals surface area contributed by atoms with Crippen LogP contribution in [0.3, 0.4) is 0 Å². The summed E-state index contributed by atoms with van der Waals surface area (Å²) >= 11 is 16.7. The molecular formula is C12H8Cl2N8S3. The SMILES string of the molecule is Clc1ccc(C(SC(c2nn[nH]n2)c2ccc(Cl)s2)c2nn[nH]n2)s1. The number of thioether (sulfide) groups is 1. The van der Waals surface area contributed by atoms with Gasteiger partial charge in [-0.25, -0.2) is 0 Å². The van der Waals surface area contributed by atoms with Gasteiger partial charge < -0.3 is 0 Å². The number of rotatable bonds is 6. The van der Waals surface area contributed by atoms with Crippen molar-refractivity contribution in [2.24, 2.45) is 0 Å². The van der Waals surface area contributed by atoms with Crippen LogP contribution in [0.15, 0.2) is 24.3 Å². The highest BCUT2D eigenvalue weighted by Gasteiger charge is 2.30. The molecule has 2 N–H and O–H groups in total. The van der Waals surface area contributed by atoms with E-state index in [9.17, 15) is 0 Å². The van der Waals surface area contributed by atoms with Gasteiger partial charge in [0.05, 0.1) is 8.67 Å². The van der Waals surface area contributed by atoms with Crippen molar-refractivity contribution in [2.75, 3.05) is 0 Å². The normalized spacial score (nSPS) is 13.8. The zero-order valence-electron chi connectivity index (χ0n) is 12.1. The summed E-state index contributed by atoms with van der Waals surface area (Å²) in [7, 11) is 0. The molecule has 4 rings (SSSR count). The number of nitrogens with one attached hydrogen (secondary N) is 2. The van der Waals surface area contributed by atoms with E-state index in [0.717, 1.165) is 9.75 Å². The molecule has 0 aromatic carbocycles. The third kappa shape index (κ3) is 3.70. The number of aromatic amines is 2. The number of H-pyrrole nitrogens is 2. The smallest absolute Gasteiger partial charge is 0.177 e. The lowest BCUT2D eigenvalue weighted by atomic mass is 10.3. The summed E-state index contributed by atoms with van der Waals surface area (Å²) in [4.78, 5) is 2.01. The Balaban J connectivity index is 1.73. The van der Waals surface area contributed by atoms with E-state index in [1.54, 1.807) is 11.8 Å². The molecule has 0 fully saturated rings. The average Bonchev–Trinajstić information content (AvgIpc) is 3.36. The van der Waals surface area contributed by atoms with Crippen molar-refractivity contribution >= 4 is 57.6 Å². The van der Waals surface area contributed by atoms with E-state index in [-0.39, 0.29) is 10.5 Å². The zero-order valence-corrected chi connectivity index (χ0v) is 16.1. The maximum atomic E-state index is 6.11. The Kier molecular flexibility index (Phi) is 4.99. The second kappa shape index (κ2) is 7.38. The van der Waals surface area contributed by atoms with E-state index in [1.807, 2.05) is 24.3 Å². The molecule has 0 saturated heterocycles. The summed E-state index contributed by atoms with van der Waals surface area (Å²) in [5.41, 5.74) is 0. The van der Waals surface area contributed by atoms with Gasteiger partial charge in [-0.3, -0.25) is 0 Å². The Morgan fingerprint density at radius 1 is 0.800 bits per heavy atom. The summed E-state index contributed by atoms with van der Waals surface area (Å²) in [6.45, 7) is 0. The molecule has 128 valence electrons. The summed E-state index contributed by atoms with van der Waals surface area (Å²) in [5, 5.41) is 28.5. The van der Waals surface area contributed by atoms with Crippen LogP contribution in [0.25, 0.3) is 0 Å². The summed E-state index contributed by atoms with van der Waals surface area (Å²) in [6.07, 6.45) is 0. The molecule has 4 aromatic heterocycles. The molecule has 0 bridgehead atoms. The molecule has 0 aliphatic rings. The third-order valence-corrected chi connectivity index (χ3v) is 7.53. The van der Waals surface area contributed by atoms with E-state index >= 15 is 0 Å². The molecule has 0 aliphatic carbocycles. The van der Waals surface area contributed by atoms with Gasteiger partial charge in [-0.1, -0.05) is 33.6 Å². The quantitative estimate of drug-likeness (QED) is 0.479. The zero-order chi connectivity index (χ0) is 17.2. The summed E-state index contributed by atoms with van der Waals surface area (Å²) in [5.74, 6) is 1.11. The molecule has 0 amide bonds. The van der Waals surface area contributed by atoms with Crippen molar-refractivity contribution in [3.63, 3.8) is 0 Å². The minimum atomic E-state index is -0.194. The lowest BCUT2D eigenvalue weighted by molar-refractivity contribution is 0.881. The molecule has 8 nitrogen and oxygen atoms in total. The maximum Gasteiger partial charge on any atom is 0.192 e. The topological polar surface area (TPSA) is 109 Å². The number of tetrazole rings is 2. The lowest BCUT2D eigenvalue weighted by Crippen LogP contribution is -2.05. The van der Waals surface area contributed by atoms with Crippen LogP contribution in [0.2, 0.25) is 8.67 Å². The van der Waals surface area contributed by atoms with Gasteiger partial charge in [0.25, 0.3) is 0 Å². The van der Waals surface area contributed by atoms with Gasteiger partial charge >= 0.3 is 0 Å². The third-order valence-electron chi connectivity index (χ3n) is 3.17. The average molecular weight is 431 g/mol. The van der Waals surface area contributed by atoms with E-state index in [4.69, 9.17) is 23.2 Å². The van der Waals surface area contributed by atoms with Gasteiger partial charge in [-0.05, 0) is 24.3 Å². The number of halogens is 2. The number of aromatic nitrogens is 8. The van der Waals surface area contributed by atoms with E-state index in [2.05, 4.69) is 41.2 Å². The van der Waals surface area contributed by atoms with Gasteiger partial charge in [0, 0.05) is 9.75 Å². The van der Waals surface area contributed by atoms with Crippen LogP contribution in [0.4, 0.5) is 0 Å². The molecule has 25 heavy (non-hydrogen) atoms. The largest absolute Gasteiger partial charge is 0.192 e. The van der Waals surface area contributed by atoms with Crippen LogP contribution in [0.1, 0.15) is 31.9 Å². The Morgan fingerprint density at radius 3 is 1.60 bits per heavy atom. The molecule has 0 radical (unpaired) electrons. The van der Waals surface area contributed by atoms with Crippen LogP contribution in [0, 0.1) is 0 Å². The molecule has 13 heteroatoms. The number of thiophene rings is 2. The molecule has 2 atom stereocenters. The predicted octanol–water partition coefficient (Wildman–Crippen LogP) is 3.75. The van der Waals surface area contributed by atoms with Gasteiger partial charge in [-0.15, -0.1) is 54.8 Å². The minimum absolute atomic E-state index is 0.194. The van der Waals surface area contributed by atoms with E-state index in [1.165, 1.54) is 22.7 Å². The Morgan fingerprint density at radius 2 is 1.28 bits per heavy atom. The van der Waals surface area contributed by atoms with Crippen molar-refractivity contribution in [3.05, 3.63) is 54.3 Å². The van der Waals surface area contributed by atoms with Gasteiger partial charge in [-0.2, -0.15) is 10.4 Å². The van der Waals surface area contributed by atoms with Crippen LogP contribution >= 0.6 is 57.6 Å². The highest BCUT2D eigenvalue weighted by molar-refractivity contribution is 8.00. The fourth-order valence-electron chi connectivity index (χ4n) is 2.15. The summed E-state index contributed by atoms with van der Waals surface area (Å²) in [6, 6.07) is 7.60. The second-order valence-electron chi connectivity index (χ2n) is 4.72. The second-order valence-corrected chi connectivity index (χ2v) is 9.43. The first-order valence-corrected chi connectivity index (χ1v) is 10.2. The fraction of sp³-hybridized carbons (Fsp3) is 0.167. The fourth-order valence-corrected chi connectivity index (χ4v) is 5.99. The predicted molar refractivity (Wildman–Crippen MR) is 98.3 cm³/mol. The standard InChI is InChI=1S/C12H8Cl2N8S3/c13-7-3-1-5(23-7)9(11-15-19-20-16-11)25-10(12-17-21-22-18-12)6-2-4-8(14)24-6/h1-4,9-10H,(H,15,16,19,20)(H,17,18,21,22). The van der Waals surface area contributed by atoms with Crippen molar-refractivity contribution in [1.82, 2.24) is 41.2 Å². The first-order valence-electron chi connectivity index (χ1n) is 6.83. The molecule has 0 aliphatic heterocycles. The van der Waals surface area contributed by atoms with E-state index < -0.39 is 0 Å². The first-order chi connectivity index (χ1) is 12.2. The Labute approximate surface area is 163 Å². The Hall–Kier alpha value is -1.53. The van der Waals surface area contributed by atoms with Crippen LogP contribution < -0.4 is 0 Å². The maximum absolute atomic E-state index is 6.11. The lowest BCUT2D eigenvalue weighted by Gasteiger charge is -2.17. The number of nitrogens with zero attached hydrogens (tertiary/aromatic N) is 6. The molecular weight excluding hydrogens is 423 g/mol. The van der Waals surface area contributed by atoms with Crippen molar-refractivity contribution in [2.45, 2.75) is 10.5 Å². The number of hydrogen-bond donors (Lipinski definition) is 2. The number of hydrogen-bond acceptors (Lipinski definition) is 9. The summed E-state index contributed by atoms with van der Waals surface area (Å²) < 4.78 is 1.39. The van der Waals surface area contributed by atoms with Crippen LogP contribution in [-0.2, 0) is 0 Å². The van der Waals surface area contributed by atoms with Crippen LogP contribution in [-0.4, -0.2) is 41.2 Å². The highest BCUT2D eigenvalue weighted by Crippen LogP contribution is 2.49. The van der Waals surface area contributed by atoms with Crippen molar-refractivity contribution < 1.29 is 0 Å². The Bertz CT molecular complexity index is 859. The molecule has 0 spiro atoms. The van der Waals surface area contributed by atoms with Crippen LogP contribution in [0.5, 0.6) is 0 Å². The molecule has 0 saturated carbocycles. The monoisotopic (exact) mass is 430 g/mol. The van der Waals surface area contributed by atoms with Crippen molar-refractivity contribution in [3.8, 4) is 0 Å². The van der Waals surface area contributed by atoms with Gasteiger partial charge in [0.2, 0.25) is 0 Å².